The van der Waals surface area contributed by atoms with Crippen molar-refractivity contribution in [2.24, 2.45) is 0 Å². The SMILES string of the molecule is CC(c1nc2ccccc2s1)N(C)C(=O)Nc1ccccc1N1CCNC(=O)C1. The first-order chi connectivity index (χ1) is 14.0. The number of aromatic nitrogens is 1. The Bertz CT molecular complexity index is 1020. The number of fused-ring (bicyclic) bond motifs is 1. The van der Waals surface area contributed by atoms with E-state index in [2.05, 4.69) is 15.6 Å². The Balaban J connectivity index is 1.51. The van der Waals surface area contributed by atoms with Crippen LogP contribution in [0.1, 0.15) is 18.0 Å². The van der Waals surface area contributed by atoms with Crippen LogP contribution in [-0.4, -0.2) is 48.5 Å². The molecule has 2 heterocycles. The van der Waals surface area contributed by atoms with Gasteiger partial charge in [0.1, 0.15) is 5.01 Å². The third-order valence-electron chi connectivity index (χ3n) is 5.09. The quantitative estimate of drug-likeness (QED) is 0.692. The van der Waals surface area contributed by atoms with E-state index in [1.165, 1.54) is 0 Å². The predicted octanol–water partition coefficient (Wildman–Crippen LogP) is 3.46. The minimum atomic E-state index is -0.217. The number of urea groups is 1. The number of anilines is 2. The Morgan fingerprint density at radius 1 is 1.24 bits per heavy atom. The number of rotatable bonds is 4. The molecule has 29 heavy (non-hydrogen) atoms. The number of hydrogen-bond donors (Lipinski definition) is 2. The maximum Gasteiger partial charge on any atom is 0.322 e. The van der Waals surface area contributed by atoms with Crippen LogP contribution in [0.4, 0.5) is 16.2 Å². The Hall–Kier alpha value is -3.13. The summed E-state index contributed by atoms with van der Waals surface area (Å²) < 4.78 is 1.11. The molecule has 3 aromatic rings. The summed E-state index contributed by atoms with van der Waals surface area (Å²) in [4.78, 5) is 33.0. The van der Waals surface area contributed by atoms with Crippen LogP contribution in [0.25, 0.3) is 10.2 Å². The fraction of sp³-hybridized carbons (Fsp3) is 0.286. The molecule has 1 aromatic heterocycles. The summed E-state index contributed by atoms with van der Waals surface area (Å²) in [7, 11) is 1.77. The average Bonchev–Trinajstić information content (AvgIpc) is 3.17. The highest BCUT2D eigenvalue weighted by atomic mass is 32.1. The van der Waals surface area contributed by atoms with Crippen LogP contribution in [-0.2, 0) is 4.79 Å². The molecule has 2 N–H and O–H groups in total. The summed E-state index contributed by atoms with van der Waals surface area (Å²) in [5.74, 6) is -0.0149. The molecule has 1 unspecified atom stereocenters. The lowest BCUT2D eigenvalue weighted by molar-refractivity contribution is -0.120. The third kappa shape index (κ3) is 4.02. The van der Waals surface area contributed by atoms with E-state index in [4.69, 9.17) is 0 Å². The molecule has 0 bridgehead atoms. The second kappa shape index (κ2) is 8.08. The van der Waals surface area contributed by atoms with Crippen LogP contribution in [0, 0.1) is 0 Å². The maximum atomic E-state index is 12.9. The minimum Gasteiger partial charge on any atom is -0.359 e. The molecule has 4 rings (SSSR count). The number of nitrogens with zero attached hydrogens (tertiary/aromatic N) is 3. The van der Waals surface area contributed by atoms with Gasteiger partial charge in [0.05, 0.1) is 34.2 Å². The van der Waals surface area contributed by atoms with E-state index in [9.17, 15) is 9.59 Å². The maximum absolute atomic E-state index is 12.9. The number of nitrogens with one attached hydrogen (secondary N) is 2. The first-order valence-corrected chi connectivity index (χ1v) is 10.3. The van der Waals surface area contributed by atoms with Crippen molar-refractivity contribution < 1.29 is 9.59 Å². The molecule has 0 spiro atoms. The fourth-order valence-corrected chi connectivity index (χ4v) is 4.38. The van der Waals surface area contributed by atoms with E-state index in [1.807, 2.05) is 60.4 Å². The first kappa shape index (κ1) is 19.2. The number of hydrogen-bond acceptors (Lipinski definition) is 5. The van der Waals surface area contributed by atoms with Crippen molar-refractivity contribution in [1.82, 2.24) is 15.2 Å². The summed E-state index contributed by atoms with van der Waals surface area (Å²) in [6.45, 7) is 3.55. The van der Waals surface area contributed by atoms with E-state index in [0.717, 1.165) is 20.9 Å². The van der Waals surface area contributed by atoms with Crippen molar-refractivity contribution in [1.29, 1.82) is 0 Å². The molecule has 0 radical (unpaired) electrons. The van der Waals surface area contributed by atoms with Crippen LogP contribution in [0.15, 0.2) is 48.5 Å². The second-order valence-electron chi connectivity index (χ2n) is 7.03. The Labute approximate surface area is 173 Å². The van der Waals surface area contributed by atoms with Gasteiger partial charge in [-0.1, -0.05) is 24.3 Å². The number of thiazole rings is 1. The van der Waals surface area contributed by atoms with Gasteiger partial charge in [-0.25, -0.2) is 9.78 Å². The van der Waals surface area contributed by atoms with Gasteiger partial charge in [-0.2, -0.15) is 0 Å². The van der Waals surface area contributed by atoms with Crippen molar-refractivity contribution >= 4 is 44.9 Å². The van der Waals surface area contributed by atoms with E-state index in [-0.39, 0.29) is 24.5 Å². The lowest BCUT2D eigenvalue weighted by Crippen LogP contribution is -2.48. The van der Waals surface area contributed by atoms with Gasteiger partial charge in [0, 0.05) is 20.1 Å². The van der Waals surface area contributed by atoms with Crippen molar-refractivity contribution in [3.8, 4) is 0 Å². The third-order valence-corrected chi connectivity index (χ3v) is 6.30. The predicted molar refractivity (Wildman–Crippen MR) is 116 cm³/mol. The molecule has 3 amide bonds. The van der Waals surface area contributed by atoms with Crippen molar-refractivity contribution in [3.63, 3.8) is 0 Å². The molecule has 1 atom stereocenters. The topological polar surface area (TPSA) is 77.6 Å². The number of carbonyl (C=O) groups is 2. The highest BCUT2D eigenvalue weighted by molar-refractivity contribution is 7.18. The lowest BCUT2D eigenvalue weighted by atomic mass is 10.2. The summed E-state index contributed by atoms with van der Waals surface area (Å²) in [5, 5.41) is 6.71. The molecule has 8 heteroatoms. The standard InChI is InChI=1S/C21H23N5O2S/c1-14(20-23-16-8-4-6-10-18(16)29-20)25(2)21(28)24-15-7-3-5-9-17(15)26-12-11-22-19(27)13-26/h3-10,14H,11-13H2,1-2H3,(H,22,27)(H,24,28). The number of carbonyl (C=O) groups excluding carboxylic acids is 2. The number of amides is 3. The Morgan fingerprint density at radius 3 is 2.79 bits per heavy atom. The van der Waals surface area contributed by atoms with Crippen LogP contribution in [0.2, 0.25) is 0 Å². The minimum absolute atomic E-state index is 0.0149. The zero-order valence-electron chi connectivity index (χ0n) is 16.4. The molecule has 0 aliphatic carbocycles. The van der Waals surface area contributed by atoms with E-state index >= 15 is 0 Å². The summed E-state index contributed by atoms with van der Waals surface area (Å²) in [6, 6.07) is 15.1. The molecule has 2 aromatic carbocycles. The molecule has 0 saturated carbocycles. The van der Waals surface area contributed by atoms with Crippen LogP contribution in [0.3, 0.4) is 0 Å². The number of benzene rings is 2. The molecule has 7 nitrogen and oxygen atoms in total. The van der Waals surface area contributed by atoms with Crippen LogP contribution in [0.5, 0.6) is 0 Å². The second-order valence-corrected chi connectivity index (χ2v) is 8.09. The van der Waals surface area contributed by atoms with Gasteiger partial charge in [-0.05, 0) is 31.2 Å². The average molecular weight is 410 g/mol. The lowest BCUT2D eigenvalue weighted by Gasteiger charge is -2.31. The smallest absolute Gasteiger partial charge is 0.322 e. The van der Waals surface area contributed by atoms with E-state index in [1.54, 1.807) is 23.3 Å². The summed E-state index contributed by atoms with van der Waals surface area (Å²) in [5.41, 5.74) is 2.48. The monoisotopic (exact) mass is 409 g/mol. The van der Waals surface area contributed by atoms with Gasteiger partial charge in [0.15, 0.2) is 0 Å². The molecular weight excluding hydrogens is 386 g/mol. The summed E-state index contributed by atoms with van der Waals surface area (Å²) in [6.07, 6.45) is 0. The number of para-hydroxylation sites is 3. The Morgan fingerprint density at radius 2 is 2.00 bits per heavy atom. The van der Waals surface area contributed by atoms with Gasteiger partial charge in [0.2, 0.25) is 5.91 Å². The van der Waals surface area contributed by atoms with Gasteiger partial charge < -0.3 is 20.4 Å². The van der Waals surface area contributed by atoms with Crippen LogP contribution < -0.4 is 15.5 Å². The van der Waals surface area contributed by atoms with E-state index < -0.39 is 0 Å². The first-order valence-electron chi connectivity index (χ1n) is 9.53. The van der Waals surface area contributed by atoms with Crippen molar-refractivity contribution in [3.05, 3.63) is 53.5 Å². The highest BCUT2D eigenvalue weighted by Crippen LogP contribution is 2.30. The highest BCUT2D eigenvalue weighted by Gasteiger charge is 2.23. The molecule has 1 aliphatic rings. The molecule has 150 valence electrons. The van der Waals surface area contributed by atoms with Gasteiger partial charge in [-0.3, -0.25) is 4.79 Å². The van der Waals surface area contributed by atoms with Crippen molar-refractivity contribution in [2.45, 2.75) is 13.0 Å². The molecular formula is C21H23N5O2S. The fourth-order valence-electron chi connectivity index (χ4n) is 3.31. The number of piperazine rings is 1. The normalized spacial score (nSPS) is 15.1. The van der Waals surface area contributed by atoms with Crippen molar-refractivity contribution in [2.75, 3.05) is 36.9 Å². The largest absolute Gasteiger partial charge is 0.359 e. The molecule has 1 aliphatic heterocycles. The molecule has 1 fully saturated rings. The zero-order valence-corrected chi connectivity index (χ0v) is 17.2. The van der Waals surface area contributed by atoms with Gasteiger partial charge in [-0.15, -0.1) is 11.3 Å². The van der Waals surface area contributed by atoms with Crippen LogP contribution >= 0.6 is 11.3 Å². The van der Waals surface area contributed by atoms with Gasteiger partial charge in [0.25, 0.3) is 0 Å². The Kier molecular flexibility index (Phi) is 5.35. The van der Waals surface area contributed by atoms with Gasteiger partial charge >= 0.3 is 6.03 Å². The summed E-state index contributed by atoms with van der Waals surface area (Å²) >= 11 is 1.60. The zero-order chi connectivity index (χ0) is 20.4. The molecule has 1 saturated heterocycles. The van der Waals surface area contributed by atoms with E-state index in [0.29, 0.717) is 18.8 Å².